The third kappa shape index (κ3) is 1.50. The summed E-state index contributed by atoms with van der Waals surface area (Å²) in [5, 5.41) is 16.5. The molecule has 2 heterocycles. The minimum atomic E-state index is 0.161. The van der Waals surface area contributed by atoms with E-state index in [9.17, 15) is 0 Å². The normalized spacial score (nSPS) is 10.8. The highest BCUT2D eigenvalue weighted by Crippen LogP contribution is 2.06. The molecule has 5 heteroatoms. The van der Waals surface area contributed by atoms with E-state index in [2.05, 4.69) is 15.3 Å². The molecular weight excluding hydrogens is 168 g/mol. The van der Waals surface area contributed by atoms with E-state index < -0.39 is 0 Å². The summed E-state index contributed by atoms with van der Waals surface area (Å²) in [6, 6.07) is 3.69. The number of aliphatic hydroxyl groups is 1. The van der Waals surface area contributed by atoms with Gasteiger partial charge < -0.3 is 5.11 Å². The minimum absolute atomic E-state index is 0.161. The molecule has 0 unspecified atom stereocenters. The van der Waals surface area contributed by atoms with Crippen molar-refractivity contribution in [3.8, 4) is 0 Å². The predicted molar refractivity (Wildman–Crippen MR) is 47.0 cm³/mol. The maximum absolute atomic E-state index is 8.66. The molecule has 0 aliphatic carbocycles. The molecule has 0 aliphatic heterocycles. The number of fused-ring (bicyclic) bond motifs is 1. The van der Waals surface area contributed by atoms with Gasteiger partial charge in [-0.15, -0.1) is 5.10 Å². The van der Waals surface area contributed by atoms with E-state index in [4.69, 9.17) is 5.11 Å². The largest absolute Gasteiger partial charge is 0.396 e. The van der Waals surface area contributed by atoms with Gasteiger partial charge >= 0.3 is 0 Å². The van der Waals surface area contributed by atoms with E-state index in [1.54, 1.807) is 10.9 Å². The Morgan fingerprint density at radius 3 is 3.23 bits per heavy atom. The fraction of sp³-hybridized carbons (Fsp3) is 0.375. The van der Waals surface area contributed by atoms with Crippen molar-refractivity contribution in [3.63, 3.8) is 0 Å². The maximum atomic E-state index is 8.66. The van der Waals surface area contributed by atoms with E-state index >= 15 is 0 Å². The zero-order valence-corrected chi connectivity index (χ0v) is 7.09. The molecule has 13 heavy (non-hydrogen) atoms. The Labute approximate surface area is 75.0 Å². The van der Waals surface area contributed by atoms with Crippen LogP contribution in [0.4, 0.5) is 0 Å². The molecule has 0 spiro atoms. The van der Waals surface area contributed by atoms with Crippen molar-refractivity contribution in [1.82, 2.24) is 20.0 Å². The van der Waals surface area contributed by atoms with Crippen LogP contribution in [0.2, 0.25) is 0 Å². The average molecular weight is 178 g/mol. The highest BCUT2D eigenvalue weighted by atomic mass is 16.3. The van der Waals surface area contributed by atoms with Crippen molar-refractivity contribution in [2.45, 2.75) is 13.0 Å². The highest BCUT2D eigenvalue weighted by molar-refractivity contribution is 5.68. The van der Waals surface area contributed by atoms with Gasteiger partial charge in [0.2, 0.25) is 0 Å². The molecular formula is C8H10N4O. The highest BCUT2D eigenvalue weighted by Gasteiger charge is 2.02. The van der Waals surface area contributed by atoms with E-state index in [1.165, 1.54) is 0 Å². The van der Waals surface area contributed by atoms with Crippen molar-refractivity contribution < 1.29 is 5.11 Å². The lowest BCUT2D eigenvalue weighted by molar-refractivity contribution is 0.277. The van der Waals surface area contributed by atoms with E-state index in [0.29, 0.717) is 13.0 Å². The van der Waals surface area contributed by atoms with Crippen LogP contribution in [0.25, 0.3) is 11.2 Å². The molecule has 0 atom stereocenters. The van der Waals surface area contributed by atoms with Gasteiger partial charge in [-0.05, 0) is 18.6 Å². The Morgan fingerprint density at radius 1 is 1.46 bits per heavy atom. The summed E-state index contributed by atoms with van der Waals surface area (Å²) in [5.41, 5.74) is 1.57. The molecule has 0 bridgehead atoms. The molecule has 0 aromatic carbocycles. The van der Waals surface area contributed by atoms with E-state index in [-0.39, 0.29) is 6.61 Å². The predicted octanol–water partition coefficient (Wildman–Crippen LogP) is 0.209. The van der Waals surface area contributed by atoms with Crippen LogP contribution < -0.4 is 0 Å². The van der Waals surface area contributed by atoms with Gasteiger partial charge in [-0.25, -0.2) is 9.67 Å². The Kier molecular flexibility index (Phi) is 2.18. The van der Waals surface area contributed by atoms with Gasteiger partial charge in [0.25, 0.3) is 0 Å². The van der Waals surface area contributed by atoms with Crippen molar-refractivity contribution in [2.24, 2.45) is 0 Å². The van der Waals surface area contributed by atoms with Gasteiger partial charge in [0, 0.05) is 19.3 Å². The third-order valence-electron chi connectivity index (χ3n) is 1.80. The summed E-state index contributed by atoms with van der Waals surface area (Å²) in [4.78, 5) is 4.15. The lowest BCUT2D eigenvalue weighted by Crippen LogP contribution is -2.02. The summed E-state index contributed by atoms with van der Waals surface area (Å²) in [5.74, 6) is 0. The number of pyridine rings is 1. The molecule has 68 valence electrons. The summed E-state index contributed by atoms with van der Waals surface area (Å²) in [6.45, 7) is 0.818. The molecule has 0 saturated carbocycles. The topological polar surface area (TPSA) is 63.8 Å². The van der Waals surface area contributed by atoms with Crippen LogP contribution in [-0.2, 0) is 6.54 Å². The molecule has 5 nitrogen and oxygen atoms in total. The molecule has 0 aliphatic rings. The number of hydrogen-bond donors (Lipinski definition) is 1. The van der Waals surface area contributed by atoms with E-state index in [0.717, 1.165) is 11.2 Å². The first-order valence-electron chi connectivity index (χ1n) is 4.17. The van der Waals surface area contributed by atoms with Crippen LogP contribution >= 0.6 is 0 Å². The van der Waals surface area contributed by atoms with Crippen LogP contribution in [0.15, 0.2) is 18.3 Å². The molecule has 0 saturated heterocycles. The fourth-order valence-corrected chi connectivity index (χ4v) is 1.18. The molecule has 0 amide bonds. The first-order chi connectivity index (χ1) is 6.42. The van der Waals surface area contributed by atoms with Crippen LogP contribution in [0.1, 0.15) is 6.42 Å². The smallest absolute Gasteiger partial charge is 0.178 e. The first-order valence-corrected chi connectivity index (χ1v) is 4.17. The molecule has 1 N–H and O–H groups in total. The maximum Gasteiger partial charge on any atom is 0.178 e. The molecule has 2 aromatic rings. The summed E-state index contributed by atoms with van der Waals surface area (Å²) < 4.78 is 1.70. The summed E-state index contributed by atoms with van der Waals surface area (Å²) in [7, 11) is 0. The Balaban J connectivity index is 2.35. The average Bonchev–Trinajstić information content (AvgIpc) is 2.58. The van der Waals surface area contributed by atoms with Gasteiger partial charge in [0.1, 0.15) is 5.52 Å². The summed E-state index contributed by atoms with van der Waals surface area (Å²) in [6.07, 6.45) is 2.39. The van der Waals surface area contributed by atoms with Gasteiger partial charge in [-0.2, -0.15) is 0 Å². The number of aromatic nitrogens is 4. The number of rotatable bonds is 3. The quantitative estimate of drug-likeness (QED) is 0.729. The van der Waals surface area contributed by atoms with Crippen molar-refractivity contribution in [1.29, 1.82) is 0 Å². The number of nitrogens with zero attached hydrogens (tertiary/aromatic N) is 4. The first kappa shape index (κ1) is 8.12. The second-order valence-corrected chi connectivity index (χ2v) is 2.74. The minimum Gasteiger partial charge on any atom is -0.396 e. The second-order valence-electron chi connectivity index (χ2n) is 2.74. The lowest BCUT2D eigenvalue weighted by atomic mass is 10.4. The van der Waals surface area contributed by atoms with Crippen LogP contribution in [0.3, 0.4) is 0 Å². The zero-order chi connectivity index (χ0) is 9.10. The van der Waals surface area contributed by atoms with Crippen molar-refractivity contribution >= 4 is 11.2 Å². The SMILES string of the molecule is OCCCn1nnc2cccnc21. The van der Waals surface area contributed by atoms with E-state index in [1.807, 2.05) is 12.1 Å². The monoisotopic (exact) mass is 178 g/mol. The fourth-order valence-electron chi connectivity index (χ4n) is 1.18. The third-order valence-corrected chi connectivity index (χ3v) is 1.80. The number of aliphatic hydroxyl groups excluding tert-OH is 1. The standard InChI is InChI=1S/C8H10N4O/c13-6-2-5-12-8-7(10-11-12)3-1-4-9-8/h1,3-4,13H,2,5-6H2. The molecule has 2 aromatic heterocycles. The molecule has 2 rings (SSSR count). The van der Waals surface area contributed by atoms with Gasteiger partial charge in [-0.1, -0.05) is 5.21 Å². The van der Waals surface area contributed by atoms with Gasteiger partial charge in [0.05, 0.1) is 0 Å². The van der Waals surface area contributed by atoms with Crippen molar-refractivity contribution in [3.05, 3.63) is 18.3 Å². The summed E-state index contributed by atoms with van der Waals surface area (Å²) >= 11 is 0. The Morgan fingerprint density at radius 2 is 2.38 bits per heavy atom. The number of hydrogen-bond acceptors (Lipinski definition) is 4. The Bertz CT molecular complexity index is 398. The van der Waals surface area contributed by atoms with Crippen molar-refractivity contribution in [2.75, 3.05) is 6.61 Å². The van der Waals surface area contributed by atoms with Crippen LogP contribution in [0.5, 0.6) is 0 Å². The van der Waals surface area contributed by atoms with Crippen LogP contribution in [-0.4, -0.2) is 31.7 Å². The second kappa shape index (κ2) is 3.49. The van der Waals surface area contributed by atoms with Crippen LogP contribution in [0, 0.1) is 0 Å². The van der Waals surface area contributed by atoms with Gasteiger partial charge in [-0.3, -0.25) is 0 Å². The number of aryl methyl sites for hydroxylation is 1. The lowest BCUT2D eigenvalue weighted by Gasteiger charge is -1.97. The molecule has 0 radical (unpaired) electrons. The Hall–Kier alpha value is -1.49. The van der Waals surface area contributed by atoms with Gasteiger partial charge in [0.15, 0.2) is 5.65 Å². The zero-order valence-electron chi connectivity index (χ0n) is 7.09. The molecule has 0 fully saturated rings.